The molecule has 2 unspecified atom stereocenters. The molecule has 4 heterocycles. The summed E-state index contributed by atoms with van der Waals surface area (Å²) in [6, 6.07) is 1.91. The van der Waals surface area contributed by atoms with E-state index in [1.807, 2.05) is 12.1 Å². The van der Waals surface area contributed by atoms with Crippen molar-refractivity contribution in [2.24, 2.45) is 16.3 Å². The van der Waals surface area contributed by atoms with Crippen LogP contribution in [0, 0.1) is 11.3 Å². The van der Waals surface area contributed by atoms with E-state index in [1.165, 1.54) is 0 Å². The van der Waals surface area contributed by atoms with Crippen LogP contribution in [0.3, 0.4) is 0 Å². The number of amidine groups is 1. The Morgan fingerprint density at radius 2 is 2.20 bits per heavy atom. The van der Waals surface area contributed by atoms with Crippen molar-refractivity contribution in [1.29, 1.82) is 0 Å². The molecule has 3 aliphatic heterocycles. The van der Waals surface area contributed by atoms with Gasteiger partial charge in [0.15, 0.2) is 0 Å². The topological polar surface area (TPSA) is 101 Å². The summed E-state index contributed by atoms with van der Waals surface area (Å²) in [4.78, 5) is 25.6. The maximum atomic E-state index is 12.4. The number of carbonyl (C=O) groups is 1. The molecule has 0 saturated carbocycles. The second-order valence-corrected chi connectivity index (χ2v) is 9.06. The van der Waals surface area contributed by atoms with Crippen molar-refractivity contribution in [2.75, 3.05) is 44.7 Å². The minimum absolute atomic E-state index is 0.00267. The number of aliphatic imine (C=N–C) groups is 1. The molecular formula is C21H29ClN6O2. The molecule has 9 heteroatoms. The van der Waals surface area contributed by atoms with Crippen molar-refractivity contribution in [2.45, 2.75) is 31.6 Å². The van der Waals surface area contributed by atoms with Crippen molar-refractivity contribution in [3.8, 4) is 0 Å². The van der Waals surface area contributed by atoms with Crippen LogP contribution in [0.15, 0.2) is 23.5 Å². The van der Waals surface area contributed by atoms with Crippen LogP contribution in [0.4, 0.5) is 5.82 Å². The van der Waals surface area contributed by atoms with E-state index in [0.717, 1.165) is 62.7 Å². The van der Waals surface area contributed by atoms with E-state index in [9.17, 15) is 4.79 Å². The Kier molecular flexibility index (Phi) is 6.65. The van der Waals surface area contributed by atoms with Crippen LogP contribution in [-0.4, -0.2) is 66.5 Å². The van der Waals surface area contributed by atoms with Gasteiger partial charge in [0, 0.05) is 37.9 Å². The monoisotopic (exact) mass is 432 g/mol. The Morgan fingerprint density at radius 1 is 1.37 bits per heavy atom. The van der Waals surface area contributed by atoms with Gasteiger partial charge in [0.05, 0.1) is 23.5 Å². The minimum atomic E-state index is -0.297. The Balaban J connectivity index is 1.43. The SMILES string of the molecule is CC1(CNc2cc(C3=CC(NC(=O)C4CCNC4)=NCC3Cl)ncn2)CCOCC1. The van der Waals surface area contributed by atoms with Crippen LogP contribution in [0.5, 0.6) is 0 Å². The van der Waals surface area contributed by atoms with E-state index in [0.29, 0.717) is 18.9 Å². The molecule has 3 N–H and O–H groups in total. The predicted molar refractivity (Wildman–Crippen MR) is 118 cm³/mol. The lowest BCUT2D eigenvalue weighted by Crippen LogP contribution is -2.37. The van der Waals surface area contributed by atoms with E-state index in [4.69, 9.17) is 16.3 Å². The molecule has 0 aliphatic carbocycles. The highest BCUT2D eigenvalue weighted by Crippen LogP contribution is 2.30. The number of nitrogens with one attached hydrogen (secondary N) is 3. The standard InChI is InChI=1S/C21H29ClN6O2/c1-21(3-6-30-7-4-21)12-25-18-9-17(26-13-27-18)15-8-19(24-11-16(15)22)28-20(29)14-2-5-23-10-14/h8-9,13-14,16,23H,2-7,10-12H2,1H3,(H,24,28,29)(H,25,26,27). The van der Waals surface area contributed by atoms with Crippen LogP contribution < -0.4 is 16.0 Å². The fraction of sp³-hybridized carbons (Fsp3) is 0.619. The summed E-state index contributed by atoms with van der Waals surface area (Å²) >= 11 is 6.53. The van der Waals surface area contributed by atoms with Gasteiger partial charge in [0.1, 0.15) is 18.0 Å². The van der Waals surface area contributed by atoms with Gasteiger partial charge in [-0.15, -0.1) is 11.6 Å². The molecule has 162 valence electrons. The summed E-state index contributed by atoms with van der Waals surface area (Å²) in [7, 11) is 0. The third-order valence-electron chi connectivity index (χ3n) is 6.09. The van der Waals surface area contributed by atoms with Crippen LogP contribution in [-0.2, 0) is 9.53 Å². The maximum absolute atomic E-state index is 12.4. The first kappa shape index (κ1) is 21.2. The number of alkyl halides is 1. The molecule has 30 heavy (non-hydrogen) atoms. The zero-order valence-electron chi connectivity index (χ0n) is 17.3. The van der Waals surface area contributed by atoms with E-state index in [1.54, 1.807) is 6.33 Å². The highest BCUT2D eigenvalue weighted by molar-refractivity contribution is 6.28. The van der Waals surface area contributed by atoms with E-state index in [2.05, 4.69) is 37.8 Å². The third kappa shape index (κ3) is 5.17. The second-order valence-electron chi connectivity index (χ2n) is 8.54. The Morgan fingerprint density at radius 3 is 2.97 bits per heavy atom. The van der Waals surface area contributed by atoms with Gasteiger partial charge in [-0.2, -0.15) is 0 Å². The number of aromatic nitrogens is 2. The predicted octanol–water partition coefficient (Wildman–Crippen LogP) is 1.83. The quantitative estimate of drug-likeness (QED) is 0.614. The Labute approximate surface area is 181 Å². The number of hydrogen-bond donors (Lipinski definition) is 3. The smallest absolute Gasteiger partial charge is 0.229 e. The average Bonchev–Trinajstić information content (AvgIpc) is 3.30. The van der Waals surface area contributed by atoms with Crippen molar-refractivity contribution >= 4 is 34.7 Å². The first-order chi connectivity index (χ1) is 14.5. The molecule has 0 aromatic carbocycles. The van der Waals surface area contributed by atoms with Crippen LogP contribution in [0.25, 0.3) is 5.57 Å². The van der Waals surface area contributed by atoms with E-state index in [-0.39, 0.29) is 22.6 Å². The molecule has 2 saturated heterocycles. The second kappa shape index (κ2) is 9.41. The molecule has 8 nitrogen and oxygen atoms in total. The number of ether oxygens (including phenoxy) is 1. The molecule has 0 bridgehead atoms. The van der Waals surface area contributed by atoms with Crippen molar-refractivity contribution in [3.05, 3.63) is 24.2 Å². The first-order valence-electron chi connectivity index (χ1n) is 10.6. The zero-order valence-corrected chi connectivity index (χ0v) is 18.0. The largest absolute Gasteiger partial charge is 0.381 e. The number of rotatable bonds is 5. The van der Waals surface area contributed by atoms with Gasteiger partial charge in [0.25, 0.3) is 0 Å². The summed E-state index contributed by atoms with van der Waals surface area (Å²) in [5.74, 6) is 1.29. The third-order valence-corrected chi connectivity index (χ3v) is 6.47. The number of hydrogen-bond acceptors (Lipinski definition) is 7. The molecule has 0 radical (unpaired) electrons. The molecule has 4 rings (SSSR count). The number of halogens is 1. The molecule has 2 atom stereocenters. The lowest BCUT2D eigenvalue weighted by atomic mass is 9.82. The van der Waals surface area contributed by atoms with Crippen LogP contribution >= 0.6 is 11.6 Å². The normalized spacial score (nSPS) is 25.9. The molecule has 1 aromatic rings. The molecule has 1 aromatic heterocycles. The molecule has 0 spiro atoms. The maximum Gasteiger partial charge on any atom is 0.229 e. The van der Waals surface area contributed by atoms with Crippen molar-refractivity contribution in [1.82, 2.24) is 20.6 Å². The van der Waals surface area contributed by atoms with Crippen molar-refractivity contribution < 1.29 is 9.53 Å². The number of amides is 1. The van der Waals surface area contributed by atoms with E-state index < -0.39 is 0 Å². The molecule has 2 fully saturated rings. The number of dihydropyridines is 1. The summed E-state index contributed by atoms with van der Waals surface area (Å²) in [6.45, 7) is 6.69. The summed E-state index contributed by atoms with van der Waals surface area (Å²) in [5.41, 5.74) is 1.78. The number of anilines is 1. The van der Waals surface area contributed by atoms with Gasteiger partial charge in [-0.1, -0.05) is 6.92 Å². The van der Waals surface area contributed by atoms with Gasteiger partial charge in [-0.05, 0) is 37.3 Å². The van der Waals surface area contributed by atoms with Crippen molar-refractivity contribution in [3.63, 3.8) is 0 Å². The summed E-state index contributed by atoms with van der Waals surface area (Å²) < 4.78 is 5.48. The lowest BCUT2D eigenvalue weighted by molar-refractivity contribution is -0.122. The summed E-state index contributed by atoms with van der Waals surface area (Å²) in [6.07, 6.45) is 6.28. The lowest BCUT2D eigenvalue weighted by Gasteiger charge is -2.33. The molecule has 3 aliphatic rings. The number of carbonyl (C=O) groups excluding carboxylic acids is 1. The zero-order chi connectivity index (χ0) is 21.0. The minimum Gasteiger partial charge on any atom is -0.381 e. The van der Waals surface area contributed by atoms with Gasteiger partial charge in [0.2, 0.25) is 5.91 Å². The van der Waals surface area contributed by atoms with Gasteiger partial charge in [-0.3, -0.25) is 9.79 Å². The van der Waals surface area contributed by atoms with Crippen LogP contribution in [0.1, 0.15) is 31.9 Å². The van der Waals surface area contributed by atoms with Gasteiger partial charge < -0.3 is 20.7 Å². The van der Waals surface area contributed by atoms with Gasteiger partial charge in [-0.25, -0.2) is 9.97 Å². The van der Waals surface area contributed by atoms with E-state index >= 15 is 0 Å². The van der Waals surface area contributed by atoms with Gasteiger partial charge >= 0.3 is 0 Å². The van der Waals surface area contributed by atoms with Crippen LogP contribution in [0.2, 0.25) is 0 Å². The molecule has 1 amide bonds. The first-order valence-corrected chi connectivity index (χ1v) is 11.0. The Bertz CT molecular complexity index is 831. The average molecular weight is 433 g/mol. The fourth-order valence-corrected chi connectivity index (χ4v) is 4.18. The highest BCUT2D eigenvalue weighted by Gasteiger charge is 2.28. The summed E-state index contributed by atoms with van der Waals surface area (Å²) in [5, 5.41) is 9.29. The number of nitrogens with zero attached hydrogens (tertiary/aromatic N) is 3. The molecular weight excluding hydrogens is 404 g/mol. The highest BCUT2D eigenvalue weighted by atomic mass is 35.5. The Hall–Kier alpha value is -2.03. The fourth-order valence-electron chi connectivity index (χ4n) is 3.93.